The maximum absolute atomic E-state index is 8.97. The minimum Gasteiger partial charge on any atom is -0.367 e. The average Bonchev–Trinajstić information content (AvgIpc) is 3.24. The van der Waals surface area contributed by atoms with E-state index >= 15 is 0 Å². The van der Waals surface area contributed by atoms with Gasteiger partial charge in [-0.2, -0.15) is 5.26 Å². The molecule has 0 amide bonds. The minimum absolute atomic E-state index is 0.373. The molecule has 1 aliphatic carbocycles. The Morgan fingerprint density at radius 1 is 1.42 bits per heavy atom. The summed E-state index contributed by atoms with van der Waals surface area (Å²) >= 11 is 0. The summed E-state index contributed by atoms with van der Waals surface area (Å²) < 4.78 is 2.35. The zero-order chi connectivity index (χ0) is 18.1. The topological polar surface area (TPSA) is 106 Å². The lowest BCUT2D eigenvalue weighted by Gasteiger charge is -2.30. The molecule has 4 rings (SSSR count). The molecule has 26 heavy (non-hydrogen) atoms. The van der Waals surface area contributed by atoms with Gasteiger partial charge in [0.1, 0.15) is 17.0 Å². The van der Waals surface area contributed by atoms with Crippen LogP contribution in [0.15, 0.2) is 18.5 Å². The fourth-order valence-corrected chi connectivity index (χ4v) is 4.11. The van der Waals surface area contributed by atoms with Crippen LogP contribution in [0.3, 0.4) is 0 Å². The summed E-state index contributed by atoms with van der Waals surface area (Å²) in [5.74, 6) is 1.91. The summed E-state index contributed by atoms with van der Waals surface area (Å²) in [7, 11) is 0. The van der Waals surface area contributed by atoms with E-state index in [1.807, 2.05) is 12.4 Å². The van der Waals surface area contributed by atoms with Crippen LogP contribution in [0.2, 0.25) is 0 Å². The number of rotatable bonds is 4. The van der Waals surface area contributed by atoms with E-state index < -0.39 is 0 Å². The third-order valence-electron chi connectivity index (χ3n) is 5.38. The molecule has 0 spiro atoms. The number of pyridine rings is 1. The van der Waals surface area contributed by atoms with Crippen molar-refractivity contribution >= 4 is 27.9 Å². The van der Waals surface area contributed by atoms with Crippen LogP contribution in [0.5, 0.6) is 0 Å². The maximum Gasteiger partial charge on any atom is 0.139 e. The molecular formula is C19H23N7. The van der Waals surface area contributed by atoms with E-state index in [9.17, 15) is 0 Å². The molecule has 0 saturated heterocycles. The van der Waals surface area contributed by atoms with Crippen molar-refractivity contribution in [3.8, 4) is 6.07 Å². The number of aromatic amines is 1. The highest BCUT2D eigenvalue weighted by Gasteiger charge is 2.26. The van der Waals surface area contributed by atoms with E-state index in [0.717, 1.165) is 53.6 Å². The van der Waals surface area contributed by atoms with E-state index in [1.165, 1.54) is 0 Å². The number of hydrogen-bond donors (Lipinski definition) is 3. The first kappa shape index (κ1) is 16.6. The molecule has 3 aromatic rings. The van der Waals surface area contributed by atoms with E-state index in [4.69, 9.17) is 15.7 Å². The molecule has 1 fully saturated rings. The van der Waals surface area contributed by atoms with Crippen molar-refractivity contribution in [3.05, 3.63) is 24.3 Å². The molecule has 0 unspecified atom stereocenters. The van der Waals surface area contributed by atoms with Gasteiger partial charge >= 0.3 is 0 Å². The standard InChI is InChI=1S/C19H23N7/c1-12(21)23-11-17-25-16-10-24-19-15(7-9-22-19)18(16)26(17)14-4-2-13(3-5-14)6-8-20/h7,9-10,13-14H,2-6,11H2,1H3,(H2,21,23)(H,22,24). The highest BCUT2D eigenvalue weighted by atomic mass is 15.1. The van der Waals surface area contributed by atoms with Gasteiger partial charge in [-0.15, -0.1) is 0 Å². The third-order valence-corrected chi connectivity index (χ3v) is 5.38. The van der Waals surface area contributed by atoms with Gasteiger partial charge in [-0.1, -0.05) is 0 Å². The smallest absolute Gasteiger partial charge is 0.139 e. The Hall–Kier alpha value is -2.88. The molecule has 7 heteroatoms. The number of nitriles is 1. The predicted molar refractivity (Wildman–Crippen MR) is 101 cm³/mol. The predicted octanol–water partition coefficient (Wildman–Crippen LogP) is 3.64. The van der Waals surface area contributed by atoms with Crippen molar-refractivity contribution in [1.82, 2.24) is 24.8 Å². The zero-order valence-corrected chi connectivity index (χ0v) is 14.9. The van der Waals surface area contributed by atoms with Gasteiger partial charge in [-0.05, 0) is 44.6 Å². The second-order valence-electron chi connectivity index (χ2n) is 7.15. The second kappa shape index (κ2) is 6.79. The van der Waals surface area contributed by atoms with Gasteiger partial charge < -0.3 is 14.9 Å². The molecule has 3 heterocycles. The Labute approximate surface area is 151 Å². The molecule has 1 saturated carbocycles. The van der Waals surface area contributed by atoms with Crippen molar-refractivity contribution in [2.45, 2.75) is 51.6 Å². The van der Waals surface area contributed by atoms with Gasteiger partial charge in [0.2, 0.25) is 0 Å². The number of imidazole rings is 1. The first-order chi connectivity index (χ1) is 12.7. The lowest BCUT2D eigenvalue weighted by Crippen LogP contribution is -2.24. The number of nitrogens with zero attached hydrogens (tertiary/aromatic N) is 4. The van der Waals surface area contributed by atoms with Crippen LogP contribution < -0.4 is 5.32 Å². The molecule has 0 bridgehead atoms. The zero-order valence-electron chi connectivity index (χ0n) is 14.9. The summed E-state index contributed by atoms with van der Waals surface area (Å²) in [4.78, 5) is 12.5. The van der Waals surface area contributed by atoms with E-state index in [0.29, 0.717) is 30.8 Å². The van der Waals surface area contributed by atoms with Gasteiger partial charge in [0, 0.05) is 24.0 Å². The van der Waals surface area contributed by atoms with Crippen LogP contribution in [-0.2, 0) is 6.54 Å². The van der Waals surface area contributed by atoms with Crippen molar-refractivity contribution in [2.75, 3.05) is 0 Å². The Balaban J connectivity index is 1.77. The molecule has 3 N–H and O–H groups in total. The lowest BCUT2D eigenvalue weighted by atomic mass is 9.84. The number of hydrogen-bond acceptors (Lipinski definition) is 4. The molecule has 3 aromatic heterocycles. The largest absolute Gasteiger partial charge is 0.367 e. The highest BCUT2D eigenvalue weighted by Crippen LogP contribution is 2.37. The lowest BCUT2D eigenvalue weighted by molar-refractivity contribution is 0.277. The van der Waals surface area contributed by atoms with Crippen molar-refractivity contribution < 1.29 is 0 Å². The molecule has 0 radical (unpaired) electrons. The molecule has 7 nitrogen and oxygen atoms in total. The van der Waals surface area contributed by atoms with Gasteiger partial charge in [-0.3, -0.25) is 5.41 Å². The first-order valence-electron chi connectivity index (χ1n) is 9.16. The fourth-order valence-electron chi connectivity index (χ4n) is 4.11. The third kappa shape index (κ3) is 2.92. The molecule has 0 atom stereocenters. The number of amidine groups is 1. The van der Waals surface area contributed by atoms with Crippen LogP contribution >= 0.6 is 0 Å². The van der Waals surface area contributed by atoms with E-state index in [-0.39, 0.29) is 0 Å². The van der Waals surface area contributed by atoms with Crippen LogP contribution in [-0.4, -0.2) is 25.4 Å². The second-order valence-corrected chi connectivity index (χ2v) is 7.15. The van der Waals surface area contributed by atoms with E-state index in [2.05, 4.69) is 32.0 Å². The molecular weight excluding hydrogens is 326 g/mol. The minimum atomic E-state index is 0.373. The summed E-state index contributed by atoms with van der Waals surface area (Å²) in [5.41, 5.74) is 2.90. The number of fused-ring (bicyclic) bond motifs is 3. The van der Waals surface area contributed by atoms with Crippen molar-refractivity contribution in [3.63, 3.8) is 0 Å². The van der Waals surface area contributed by atoms with Gasteiger partial charge in [0.15, 0.2) is 0 Å². The summed E-state index contributed by atoms with van der Waals surface area (Å²) in [5, 5.41) is 20.8. The SMILES string of the molecule is CC(=N)NCc1nc2cnc3[nH]ccc3c2n1C1CCC(CC#N)CC1. The van der Waals surface area contributed by atoms with Crippen molar-refractivity contribution in [1.29, 1.82) is 10.7 Å². The van der Waals surface area contributed by atoms with Crippen LogP contribution in [0.1, 0.15) is 50.9 Å². The number of H-pyrrole nitrogens is 1. The van der Waals surface area contributed by atoms with Gasteiger partial charge in [0.05, 0.1) is 30.2 Å². The Morgan fingerprint density at radius 2 is 2.23 bits per heavy atom. The summed E-state index contributed by atoms with van der Waals surface area (Å²) in [6.45, 7) is 2.28. The number of nitrogens with one attached hydrogen (secondary N) is 3. The quantitative estimate of drug-likeness (QED) is 0.494. The van der Waals surface area contributed by atoms with Crippen LogP contribution in [0, 0.1) is 22.7 Å². The fraction of sp³-hybridized carbons (Fsp3) is 0.474. The monoisotopic (exact) mass is 349 g/mol. The maximum atomic E-state index is 8.97. The van der Waals surface area contributed by atoms with Crippen LogP contribution in [0.25, 0.3) is 22.1 Å². The normalized spacial score (nSPS) is 20.3. The Morgan fingerprint density at radius 3 is 2.96 bits per heavy atom. The first-order valence-corrected chi connectivity index (χ1v) is 9.16. The summed E-state index contributed by atoms with van der Waals surface area (Å²) in [6.07, 6.45) is 8.67. The molecule has 0 aliphatic heterocycles. The molecule has 1 aliphatic rings. The van der Waals surface area contributed by atoms with Crippen LogP contribution in [0.4, 0.5) is 0 Å². The van der Waals surface area contributed by atoms with Gasteiger partial charge in [0.25, 0.3) is 0 Å². The molecule has 134 valence electrons. The Bertz CT molecular complexity index is 983. The van der Waals surface area contributed by atoms with Crippen molar-refractivity contribution in [2.24, 2.45) is 5.92 Å². The number of aromatic nitrogens is 4. The average molecular weight is 349 g/mol. The van der Waals surface area contributed by atoms with E-state index in [1.54, 1.807) is 6.92 Å². The molecule has 0 aromatic carbocycles. The van der Waals surface area contributed by atoms with Gasteiger partial charge in [-0.25, -0.2) is 9.97 Å². The summed E-state index contributed by atoms with van der Waals surface area (Å²) in [6, 6.07) is 4.75. The highest BCUT2D eigenvalue weighted by molar-refractivity contribution is 6.01. The Kier molecular flexibility index (Phi) is 4.33.